The minimum absolute atomic E-state index is 0.240. The van der Waals surface area contributed by atoms with E-state index >= 15 is 0 Å². The van der Waals surface area contributed by atoms with Crippen LogP contribution in [0.1, 0.15) is 78.1 Å². The summed E-state index contributed by atoms with van der Waals surface area (Å²) >= 11 is 0. The molecule has 7 atom stereocenters. The van der Waals surface area contributed by atoms with Crippen molar-refractivity contribution in [2.45, 2.75) is 83.7 Å². The van der Waals surface area contributed by atoms with E-state index in [1.165, 1.54) is 44.9 Å². The molecule has 0 unspecified atom stereocenters. The first-order chi connectivity index (χ1) is 13.4. The molecule has 5 aliphatic rings. The number of ketones is 1. The number of nitrogens with zero attached hydrogens (tertiary/aromatic N) is 1. The average Bonchev–Trinajstić information content (AvgIpc) is 3.27. The lowest BCUT2D eigenvalue weighted by Crippen LogP contribution is -2.49. The van der Waals surface area contributed by atoms with Gasteiger partial charge in [-0.15, -0.1) is 0 Å². The molecule has 3 heteroatoms. The minimum Gasteiger partial charge on any atom is -0.390 e. The number of allylic oxidation sites excluding steroid dienone is 1. The van der Waals surface area contributed by atoms with E-state index in [2.05, 4.69) is 17.9 Å². The van der Waals surface area contributed by atoms with Crippen molar-refractivity contribution < 1.29 is 9.90 Å². The highest BCUT2D eigenvalue weighted by molar-refractivity contribution is 5.84. The largest absolute Gasteiger partial charge is 0.390 e. The summed E-state index contributed by atoms with van der Waals surface area (Å²) in [6, 6.07) is 0. The normalized spacial score (nSPS) is 48.5. The third kappa shape index (κ3) is 3.12. The van der Waals surface area contributed by atoms with Gasteiger partial charge in [0.25, 0.3) is 0 Å². The van der Waals surface area contributed by atoms with E-state index < -0.39 is 5.60 Å². The summed E-state index contributed by atoms with van der Waals surface area (Å²) in [5.41, 5.74) is 1.31. The Morgan fingerprint density at radius 2 is 1.89 bits per heavy atom. The van der Waals surface area contributed by atoms with E-state index in [0.717, 1.165) is 50.1 Å². The van der Waals surface area contributed by atoms with Gasteiger partial charge in [0.05, 0.1) is 12.1 Å². The van der Waals surface area contributed by atoms with Gasteiger partial charge in [0.2, 0.25) is 0 Å². The van der Waals surface area contributed by atoms with Gasteiger partial charge in [0.15, 0.2) is 0 Å². The van der Waals surface area contributed by atoms with E-state index in [-0.39, 0.29) is 5.41 Å². The number of aliphatic hydroxyl groups is 1. The van der Waals surface area contributed by atoms with Gasteiger partial charge in [-0.05, 0) is 113 Å². The average molecular weight is 386 g/mol. The highest BCUT2D eigenvalue weighted by atomic mass is 16.3. The van der Waals surface area contributed by atoms with E-state index in [1.54, 1.807) is 5.57 Å². The standard InChI is InChI=1S/C25H39NO2/c1-24(28)11-9-18-17(15-24)5-6-20-19(18)10-12-25(2)21(20)7-8-22(25)23(27)16-26-13-3-4-14-26/h5,18-22,28H,3-4,6-16H2,1-2H3/t18-,19+,20+,21-,22+,24-,25-/m0/s1. The lowest BCUT2D eigenvalue weighted by molar-refractivity contribution is -0.130. The molecule has 0 aromatic rings. The second kappa shape index (κ2) is 6.94. The van der Waals surface area contributed by atoms with Crippen molar-refractivity contribution in [3.8, 4) is 0 Å². The molecule has 3 nitrogen and oxygen atoms in total. The van der Waals surface area contributed by atoms with Crippen molar-refractivity contribution in [2.24, 2.45) is 35.0 Å². The summed E-state index contributed by atoms with van der Waals surface area (Å²) in [5.74, 6) is 3.88. The Morgan fingerprint density at radius 3 is 2.68 bits per heavy atom. The fourth-order valence-electron chi connectivity index (χ4n) is 8.27. The van der Waals surface area contributed by atoms with Gasteiger partial charge < -0.3 is 5.11 Å². The third-order valence-corrected chi connectivity index (χ3v) is 9.68. The van der Waals surface area contributed by atoms with Crippen molar-refractivity contribution in [2.75, 3.05) is 19.6 Å². The van der Waals surface area contributed by atoms with Crippen LogP contribution in [-0.4, -0.2) is 41.0 Å². The molecule has 0 spiro atoms. The van der Waals surface area contributed by atoms with Crippen molar-refractivity contribution >= 4 is 5.78 Å². The van der Waals surface area contributed by atoms with Crippen LogP contribution in [0.2, 0.25) is 0 Å². The van der Waals surface area contributed by atoms with Crippen LogP contribution in [0.5, 0.6) is 0 Å². The van der Waals surface area contributed by atoms with Gasteiger partial charge in [-0.3, -0.25) is 9.69 Å². The van der Waals surface area contributed by atoms with Crippen LogP contribution < -0.4 is 0 Å². The maximum Gasteiger partial charge on any atom is 0.150 e. The predicted octanol–water partition coefficient (Wildman–Crippen LogP) is 4.59. The molecule has 4 aliphatic carbocycles. The van der Waals surface area contributed by atoms with Gasteiger partial charge in [-0.1, -0.05) is 18.6 Å². The first kappa shape index (κ1) is 19.3. The van der Waals surface area contributed by atoms with Crippen LogP contribution in [0.4, 0.5) is 0 Å². The van der Waals surface area contributed by atoms with Crippen molar-refractivity contribution in [1.29, 1.82) is 0 Å². The molecule has 1 aliphatic heterocycles. The van der Waals surface area contributed by atoms with E-state index in [9.17, 15) is 9.90 Å². The zero-order valence-corrected chi connectivity index (χ0v) is 18.0. The molecule has 1 heterocycles. The van der Waals surface area contributed by atoms with Crippen LogP contribution in [0.3, 0.4) is 0 Å². The molecule has 0 bridgehead atoms. The van der Waals surface area contributed by atoms with E-state index in [0.29, 0.717) is 24.2 Å². The molecular formula is C25H39NO2. The molecular weight excluding hydrogens is 346 g/mol. The molecule has 1 saturated heterocycles. The molecule has 28 heavy (non-hydrogen) atoms. The number of hydrogen-bond donors (Lipinski definition) is 1. The third-order valence-electron chi connectivity index (χ3n) is 9.68. The van der Waals surface area contributed by atoms with Gasteiger partial charge >= 0.3 is 0 Å². The topological polar surface area (TPSA) is 40.5 Å². The Bertz CT molecular complexity index is 661. The summed E-state index contributed by atoms with van der Waals surface area (Å²) in [7, 11) is 0. The first-order valence-corrected chi connectivity index (χ1v) is 12.0. The second-order valence-electron chi connectivity index (χ2n) is 11.4. The van der Waals surface area contributed by atoms with E-state index in [4.69, 9.17) is 0 Å². The minimum atomic E-state index is -0.487. The van der Waals surface area contributed by atoms with Crippen LogP contribution in [0.15, 0.2) is 11.6 Å². The number of fused-ring (bicyclic) bond motifs is 5. The highest BCUT2D eigenvalue weighted by Crippen LogP contribution is 2.63. The molecule has 0 aromatic carbocycles. The van der Waals surface area contributed by atoms with Crippen LogP contribution in [-0.2, 0) is 4.79 Å². The van der Waals surface area contributed by atoms with Crippen LogP contribution >= 0.6 is 0 Å². The second-order valence-corrected chi connectivity index (χ2v) is 11.4. The lowest BCUT2D eigenvalue weighted by atomic mass is 9.51. The van der Waals surface area contributed by atoms with Gasteiger partial charge in [0, 0.05) is 5.92 Å². The molecule has 5 rings (SSSR count). The van der Waals surface area contributed by atoms with Gasteiger partial charge in [0.1, 0.15) is 5.78 Å². The highest BCUT2D eigenvalue weighted by Gasteiger charge is 2.57. The van der Waals surface area contributed by atoms with E-state index in [1.807, 2.05) is 6.92 Å². The molecule has 0 aromatic heterocycles. The summed E-state index contributed by atoms with van der Waals surface area (Å²) in [6.07, 6.45) is 14.2. The maximum atomic E-state index is 13.2. The summed E-state index contributed by atoms with van der Waals surface area (Å²) in [4.78, 5) is 15.6. The van der Waals surface area contributed by atoms with Crippen molar-refractivity contribution in [3.63, 3.8) is 0 Å². The van der Waals surface area contributed by atoms with Gasteiger partial charge in [-0.25, -0.2) is 0 Å². The first-order valence-electron chi connectivity index (χ1n) is 12.0. The fourth-order valence-corrected chi connectivity index (χ4v) is 8.27. The Kier molecular flexibility index (Phi) is 4.79. The number of hydrogen-bond acceptors (Lipinski definition) is 3. The number of Topliss-reactive ketones (excluding diaryl/α,β-unsaturated/α-hetero) is 1. The van der Waals surface area contributed by atoms with Crippen molar-refractivity contribution in [3.05, 3.63) is 11.6 Å². The summed E-state index contributed by atoms with van der Waals surface area (Å²) < 4.78 is 0. The molecule has 156 valence electrons. The zero-order valence-electron chi connectivity index (χ0n) is 18.0. The number of carbonyl (C=O) groups excluding carboxylic acids is 1. The fraction of sp³-hybridized carbons (Fsp3) is 0.880. The van der Waals surface area contributed by atoms with Crippen LogP contribution in [0, 0.1) is 35.0 Å². The number of carbonyl (C=O) groups is 1. The Labute approximate surface area is 170 Å². The Balaban J connectivity index is 1.32. The lowest BCUT2D eigenvalue weighted by Gasteiger charge is -2.54. The Morgan fingerprint density at radius 1 is 1.11 bits per heavy atom. The molecule has 4 fully saturated rings. The van der Waals surface area contributed by atoms with Crippen LogP contribution in [0.25, 0.3) is 0 Å². The zero-order chi connectivity index (χ0) is 19.5. The van der Waals surface area contributed by atoms with Gasteiger partial charge in [-0.2, -0.15) is 0 Å². The molecule has 1 N–H and O–H groups in total. The smallest absolute Gasteiger partial charge is 0.150 e. The SMILES string of the molecule is C[C@]1(O)CC[C@H]2C(=CC[C@@H]3[C@@H]2CC[C@]2(C)[C@@H](C(=O)CN4CCCC4)CC[C@@H]32)C1. The molecule has 0 radical (unpaired) electrons. The summed E-state index contributed by atoms with van der Waals surface area (Å²) in [5, 5.41) is 10.5. The molecule has 3 saturated carbocycles. The number of likely N-dealkylation sites (tertiary alicyclic amines) is 1. The Hall–Kier alpha value is -0.670. The molecule has 0 amide bonds. The van der Waals surface area contributed by atoms with Crippen molar-refractivity contribution in [1.82, 2.24) is 4.90 Å². The maximum absolute atomic E-state index is 13.2. The predicted molar refractivity (Wildman–Crippen MR) is 112 cm³/mol. The monoisotopic (exact) mass is 385 g/mol. The number of rotatable bonds is 3. The summed E-state index contributed by atoms with van der Waals surface area (Å²) in [6.45, 7) is 7.45. The quantitative estimate of drug-likeness (QED) is 0.722.